The first kappa shape index (κ1) is 32.1. The second kappa shape index (κ2) is 12.1. The predicted octanol–water partition coefficient (Wildman–Crippen LogP) is 8.14. The normalized spacial score (nSPS) is 26.8. The van der Waals surface area contributed by atoms with E-state index in [4.69, 9.17) is 0 Å². The maximum atomic E-state index is 15.4. The van der Waals surface area contributed by atoms with Crippen LogP contribution in [-0.4, -0.2) is 28.5 Å². The van der Waals surface area contributed by atoms with Crippen LogP contribution in [0.2, 0.25) is 0 Å². The number of imide groups is 1. The summed E-state index contributed by atoms with van der Waals surface area (Å²) in [4.78, 5) is 60.8. The topological polar surface area (TPSA) is 91.8 Å². The molecule has 0 spiro atoms. The molecule has 1 heterocycles. The van der Waals surface area contributed by atoms with Crippen molar-refractivity contribution in [1.82, 2.24) is 0 Å². The number of phenols is 1. The van der Waals surface area contributed by atoms with Gasteiger partial charge in [-0.3, -0.25) is 24.1 Å². The van der Waals surface area contributed by atoms with E-state index in [1.807, 2.05) is 121 Å². The van der Waals surface area contributed by atoms with Crippen LogP contribution in [-0.2, 0) is 31.0 Å². The molecule has 6 unspecified atom stereocenters. The van der Waals surface area contributed by atoms with Crippen LogP contribution in [0.4, 0.5) is 5.69 Å². The number of aryl methyl sites for hydroxylation is 1. The number of carbonyl (C=O) groups is 4. The molecule has 52 heavy (non-hydrogen) atoms. The van der Waals surface area contributed by atoms with Crippen molar-refractivity contribution in [1.29, 1.82) is 0 Å². The zero-order valence-corrected chi connectivity index (χ0v) is 28.7. The number of carbonyl (C=O) groups excluding carboxylic acids is 4. The number of hydrogen-bond acceptors (Lipinski definition) is 5. The van der Waals surface area contributed by atoms with E-state index in [1.165, 1.54) is 11.0 Å². The first-order chi connectivity index (χ1) is 25.3. The fraction of sp³-hybridized carbons (Fsp3) is 0.217. The van der Waals surface area contributed by atoms with Gasteiger partial charge in [0.25, 0.3) is 0 Å². The van der Waals surface area contributed by atoms with Gasteiger partial charge in [0.15, 0.2) is 11.6 Å². The molecular formula is C46H37NO5. The van der Waals surface area contributed by atoms with Gasteiger partial charge in [0.2, 0.25) is 11.8 Å². The van der Waals surface area contributed by atoms with E-state index >= 15 is 9.59 Å². The third-order valence-corrected chi connectivity index (χ3v) is 12.2. The summed E-state index contributed by atoms with van der Waals surface area (Å²) in [6.45, 7) is 2.06. The van der Waals surface area contributed by atoms with Gasteiger partial charge in [-0.05, 0) is 76.9 Å². The van der Waals surface area contributed by atoms with Gasteiger partial charge < -0.3 is 5.11 Å². The highest BCUT2D eigenvalue weighted by Crippen LogP contribution is 2.65. The van der Waals surface area contributed by atoms with E-state index < -0.39 is 35.0 Å². The van der Waals surface area contributed by atoms with Gasteiger partial charge in [0.1, 0.15) is 5.75 Å². The van der Waals surface area contributed by atoms with Crippen LogP contribution in [0.25, 0.3) is 16.3 Å². The van der Waals surface area contributed by atoms with Gasteiger partial charge in [-0.1, -0.05) is 122 Å². The van der Waals surface area contributed by atoms with Gasteiger partial charge in [0.05, 0.1) is 22.9 Å². The third-order valence-electron chi connectivity index (χ3n) is 12.2. The number of benzene rings is 5. The molecule has 6 heteroatoms. The van der Waals surface area contributed by atoms with Gasteiger partial charge >= 0.3 is 0 Å². The second-order valence-corrected chi connectivity index (χ2v) is 14.5. The molecule has 256 valence electrons. The Kier molecular flexibility index (Phi) is 7.47. The van der Waals surface area contributed by atoms with Crippen LogP contribution in [0.15, 0.2) is 139 Å². The summed E-state index contributed by atoms with van der Waals surface area (Å²) >= 11 is 0. The number of rotatable bonds is 5. The van der Waals surface area contributed by atoms with E-state index in [0.717, 1.165) is 28.3 Å². The van der Waals surface area contributed by atoms with Crippen LogP contribution >= 0.6 is 0 Å². The lowest BCUT2D eigenvalue weighted by Crippen LogP contribution is -2.58. The number of anilines is 1. The van der Waals surface area contributed by atoms with Gasteiger partial charge in [-0.25, -0.2) is 0 Å². The van der Waals surface area contributed by atoms with E-state index in [0.29, 0.717) is 34.4 Å². The van der Waals surface area contributed by atoms with Crippen molar-refractivity contribution in [2.24, 2.45) is 23.7 Å². The van der Waals surface area contributed by atoms with Crippen LogP contribution < -0.4 is 4.90 Å². The summed E-state index contributed by atoms with van der Waals surface area (Å²) in [6.07, 6.45) is 4.91. The molecule has 5 aromatic rings. The monoisotopic (exact) mass is 683 g/mol. The lowest BCUT2D eigenvalue weighted by molar-refractivity contribution is -0.135. The zero-order valence-electron chi connectivity index (χ0n) is 28.7. The van der Waals surface area contributed by atoms with Gasteiger partial charge in [-0.15, -0.1) is 0 Å². The molecule has 0 aromatic heterocycles. The van der Waals surface area contributed by atoms with Crippen molar-refractivity contribution in [2.75, 3.05) is 4.90 Å². The Bertz CT molecular complexity index is 2360. The van der Waals surface area contributed by atoms with E-state index in [2.05, 4.69) is 6.92 Å². The Morgan fingerprint density at radius 3 is 2.17 bits per heavy atom. The number of Topliss-reactive ketones (excluding diaryl/α,β-unsaturated/α-hetero) is 1. The number of hydrogen-bond donors (Lipinski definition) is 1. The molecule has 1 saturated heterocycles. The molecule has 0 radical (unpaired) electrons. The minimum atomic E-state index is -1.42. The summed E-state index contributed by atoms with van der Waals surface area (Å²) in [5.74, 6) is -4.41. The molecule has 5 aromatic carbocycles. The Hall–Kier alpha value is -5.88. The van der Waals surface area contributed by atoms with Crippen LogP contribution in [0.1, 0.15) is 47.9 Å². The van der Waals surface area contributed by atoms with Crippen LogP contribution in [0.5, 0.6) is 5.75 Å². The summed E-state index contributed by atoms with van der Waals surface area (Å²) in [5.41, 5.74) is 3.30. The molecule has 2 fully saturated rings. The summed E-state index contributed by atoms with van der Waals surface area (Å²) in [5, 5.41) is 13.6. The molecular weight excluding hydrogens is 647 g/mol. The van der Waals surface area contributed by atoms with Crippen molar-refractivity contribution in [2.45, 2.75) is 37.5 Å². The molecule has 1 N–H and O–H groups in total. The van der Waals surface area contributed by atoms with E-state index in [9.17, 15) is 14.7 Å². The Labute approximate surface area is 302 Å². The Morgan fingerprint density at radius 2 is 1.44 bits per heavy atom. The Balaban J connectivity index is 1.30. The molecule has 6 nitrogen and oxygen atoms in total. The minimum absolute atomic E-state index is 0.0194. The lowest BCUT2D eigenvalue weighted by Gasteiger charge is -2.55. The van der Waals surface area contributed by atoms with E-state index in [1.54, 1.807) is 6.07 Å². The second-order valence-electron chi connectivity index (χ2n) is 14.5. The average Bonchev–Trinajstić information content (AvgIpc) is 3.45. The van der Waals surface area contributed by atoms with Crippen LogP contribution in [0.3, 0.4) is 0 Å². The predicted molar refractivity (Wildman–Crippen MR) is 200 cm³/mol. The summed E-state index contributed by atoms with van der Waals surface area (Å²) in [7, 11) is 0. The van der Waals surface area contributed by atoms with E-state index in [-0.39, 0.29) is 35.6 Å². The zero-order chi connectivity index (χ0) is 35.7. The van der Waals surface area contributed by atoms with Gasteiger partial charge in [-0.2, -0.15) is 0 Å². The quantitative estimate of drug-likeness (QED) is 0.149. The maximum absolute atomic E-state index is 15.4. The van der Waals surface area contributed by atoms with Crippen molar-refractivity contribution < 1.29 is 24.3 Å². The Morgan fingerprint density at radius 1 is 0.750 bits per heavy atom. The van der Waals surface area contributed by atoms with Crippen molar-refractivity contribution in [3.63, 3.8) is 0 Å². The smallest absolute Gasteiger partial charge is 0.238 e. The fourth-order valence-electron chi connectivity index (χ4n) is 9.91. The SMILES string of the molecule is CCc1ccc(N2C(=O)C3CC=C4C(CC5C(=O)C(c6ccccc6)=CC(=O)C5(c5ccccc5)C4c4c(O)ccc5ccccc45)C3C2=O)cc1. The summed E-state index contributed by atoms with van der Waals surface area (Å²) < 4.78 is 0. The number of ketones is 2. The average molecular weight is 684 g/mol. The highest BCUT2D eigenvalue weighted by Gasteiger charge is 2.66. The van der Waals surface area contributed by atoms with Crippen molar-refractivity contribution in [3.8, 4) is 5.75 Å². The molecule has 9 rings (SSSR count). The molecule has 6 atom stereocenters. The number of allylic oxidation sites excluding steroid dienone is 4. The number of nitrogens with zero attached hydrogens (tertiary/aromatic N) is 1. The standard InChI is InChI=1S/C46H37NO5/c1-2-27-17-20-31(21-18-27)47-44(51)34-23-22-33-36(40(34)45(47)52)25-37-43(50)35(28-11-5-3-6-12-28)26-39(49)46(37,30-14-7-4-8-15-30)42(33)41-32-16-10-9-13-29(32)19-24-38(41)48/h3-22,24,26,34,36-37,40,42,48H,2,23,25H2,1H3. The molecule has 0 bridgehead atoms. The molecule has 1 saturated carbocycles. The van der Waals surface area contributed by atoms with Crippen molar-refractivity contribution in [3.05, 3.63) is 161 Å². The number of aromatic hydroxyl groups is 1. The number of amides is 2. The largest absolute Gasteiger partial charge is 0.508 e. The summed E-state index contributed by atoms with van der Waals surface area (Å²) in [6, 6.07) is 37.5. The molecule has 4 aliphatic rings. The highest BCUT2D eigenvalue weighted by atomic mass is 16.3. The third kappa shape index (κ3) is 4.49. The van der Waals surface area contributed by atoms with Crippen LogP contribution in [0, 0.1) is 23.7 Å². The molecule has 3 aliphatic carbocycles. The first-order valence-electron chi connectivity index (χ1n) is 18.1. The maximum Gasteiger partial charge on any atom is 0.238 e. The highest BCUT2D eigenvalue weighted by molar-refractivity contribution is 6.32. The van der Waals surface area contributed by atoms with Crippen molar-refractivity contribution >= 4 is 45.4 Å². The van der Waals surface area contributed by atoms with Gasteiger partial charge in [0, 0.05) is 23.0 Å². The molecule has 1 aliphatic heterocycles. The first-order valence-corrected chi connectivity index (χ1v) is 18.1. The molecule has 2 amide bonds. The minimum Gasteiger partial charge on any atom is -0.508 e. The lowest BCUT2D eigenvalue weighted by atomic mass is 9.44. The fourth-order valence-corrected chi connectivity index (χ4v) is 9.91. The number of phenolic OH excluding ortho intramolecular Hbond substituents is 1. The number of fused-ring (bicyclic) bond motifs is 5.